The Morgan fingerprint density at radius 1 is 1.12 bits per heavy atom. The second kappa shape index (κ2) is 7.90. The normalized spacial score (nSPS) is 13.3. The highest BCUT2D eigenvalue weighted by molar-refractivity contribution is 5.80. The summed E-state index contributed by atoms with van der Waals surface area (Å²) in [5, 5.41) is 8.85. The highest BCUT2D eigenvalue weighted by atomic mass is 16.5. The van der Waals surface area contributed by atoms with Gasteiger partial charge in [0.15, 0.2) is 11.5 Å². The van der Waals surface area contributed by atoms with Crippen LogP contribution in [0.5, 0.6) is 17.2 Å². The van der Waals surface area contributed by atoms with E-state index in [4.69, 9.17) is 19.3 Å². The molecule has 0 aliphatic heterocycles. The van der Waals surface area contributed by atoms with Gasteiger partial charge in [-0.15, -0.1) is 0 Å². The molecule has 1 N–H and O–H groups in total. The summed E-state index contributed by atoms with van der Waals surface area (Å²) in [6.45, 7) is 0.239. The number of hydrogen-bond acceptors (Lipinski definition) is 5. The Morgan fingerprint density at radius 3 is 2.12 bits per heavy atom. The summed E-state index contributed by atoms with van der Waals surface area (Å²) in [6.07, 6.45) is 1.98. The molecule has 24 heavy (non-hydrogen) atoms. The zero-order valence-corrected chi connectivity index (χ0v) is 14.2. The van der Waals surface area contributed by atoms with Crippen LogP contribution in [0.15, 0.2) is 12.1 Å². The Balaban J connectivity index is 2.16. The van der Waals surface area contributed by atoms with E-state index in [9.17, 15) is 9.59 Å². The highest BCUT2D eigenvalue weighted by Crippen LogP contribution is 2.38. The lowest BCUT2D eigenvalue weighted by molar-refractivity contribution is -0.138. The van der Waals surface area contributed by atoms with Gasteiger partial charge in [-0.2, -0.15) is 0 Å². The van der Waals surface area contributed by atoms with Crippen molar-refractivity contribution in [1.82, 2.24) is 4.90 Å². The molecule has 1 aromatic carbocycles. The number of benzene rings is 1. The van der Waals surface area contributed by atoms with Gasteiger partial charge in [0.2, 0.25) is 11.7 Å². The van der Waals surface area contributed by atoms with Crippen molar-refractivity contribution in [1.29, 1.82) is 0 Å². The third-order valence-electron chi connectivity index (χ3n) is 3.95. The minimum absolute atomic E-state index is 0.0442. The lowest BCUT2D eigenvalue weighted by atomic mass is 10.1. The average Bonchev–Trinajstić information content (AvgIpc) is 3.38. The Hall–Kier alpha value is -2.44. The summed E-state index contributed by atoms with van der Waals surface area (Å²) >= 11 is 0. The van der Waals surface area contributed by atoms with E-state index in [0.717, 1.165) is 18.4 Å². The second-order valence-corrected chi connectivity index (χ2v) is 5.67. The van der Waals surface area contributed by atoms with E-state index in [1.807, 2.05) is 0 Å². The number of methoxy groups -OCH3 is 3. The van der Waals surface area contributed by atoms with Crippen LogP contribution in [-0.4, -0.2) is 55.8 Å². The molecule has 1 aliphatic rings. The zero-order valence-electron chi connectivity index (χ0n) is 14.2. The van der Waals surface area contributed by atoms with Crippen molar-refractivity contribution < 1.29 is 28.9 Å². The van der Waals surface area contributed by atoms with Crippen molar-refractivity contribution in [3.8, 4) is 17.2 Å². The molecule has 1 amide bonds. The third kappa shape index (κ3) is 4.31. The number of carbonyl (C=O) groups excluding carboxylic acids is 1. The monoisotopic (exact) mass is 337 g/mol. The summed E-state index contributed by atoms with van der Waals surface area (Å²) < 4.78 is 15.9. The van der Waals surface area contributed by atoms with Crippen LogP contribution in [-0.2, 0) is 16.0 Å². The summed E-state index contributed by atoms with van der Waals surface area (Å²) in [4.78, 5) is 25.0. The van der Waals surface area contributed by atoms with Crippen LogP contribution >= 0.6 is 0 Å². The highest BCUT2D eigenvalue weighted by Gasteiger charge is 2.32. The van der Waals surface area contributed by atoms with Gasteiger partial charge in [-0.3, -0.25) is 9.59 Å². The number of carboxylic acid groups (broad SMARTS) is 1. The fourth-order valence-corrected chi connectivity index (χ4v) is 2.63. The van der Waals surface area contributed by atoms with Gasteiger partial charge in [-0.05, 0) is 30.5 Å². The molecule has 1 aromatic rings. The van der Waals surface area contributed by atoms with Gasteiger partial charge in [-0.1, -0.05) is 0 Å². The topological polar surface area (TPSA) is 85.3 Å². The maximum Gasteiger partial charge on any atom is 0.305 e. The van der Waals surface area contributed by atoms with Gasteiger partial charge >= 0.3 is 5.97 Å². The van der Waals surface area contributed by atoms with Crippen LogP contribution in [0.1, 0.15) is 24.8 Å². The van der Waals surface area contributed by atoms with Crippen molar-refractivity contribution in [3.05, 3.63) is 17.7 Å². The van der Waals surface area contributed by atoms with Gasteiger partial charge in [0.25, 0.3) is 0 Å². The lowest BCUT2D eigenvalue weighted by Crippen LogP contribution is -2.36. The van der Waals surface area contributed by atoms with E-state index in [0.29, 0.717) is 17.2 Å². The van der Waals surface area contributed by atoms with Crippen LogP contribution in [0, 0.1) is 0 Å². The van der Waals surface area contributed by atoms with E-state index >= 15 is 0 Å². The number of aliphatic carboxylic acids is 1. The standard InChI is InChI=1S/C17H23NO6/c1-22-13-8-11(9-14(23-2)17(13)24-3)10-15(19)18(12-4-5-12)7-6-16(20)21/h8-9,12H,4-7,10H2,1-3H3,(H,20,21). The number of nitrogens with zero attached hydrogens (tertiary/aromatic N) is 1. The molecule has 0 bridgehead atoms. The first-order chi connectivity index (χ1) is 11.5. The molecule has 132 valence electrons. The molecule has 0 saturated heterocycles. The minimum Gasteiger partial charge on any atom is -0.493 e. The quantitative estimate of drug-likeness (QED) is 0.738. The summed E-state index contributed by atoms with van der Waals surface area (Å²) in [7, 11) is 4.56. The number of rotatable bonds is 9. The SMILES string of the molecule is COc1cc(CC(=O)N(CCC(=O)O)C2CC2)cc(OC)c1OC. The Morgan fingerprint density at radius 2 is 1.71 bits per heavy atom. The summed E-state index contributed by atoms with van der Waals surface area (Å²) in [5.74, 6) is 0.460. The fraction of sp³-hybridized carbons (Fsp3) is 0.529. The minimum atomic E-state index is -0.902. The molecule has 1 saturated carbocycles. The van der Waals surface area contributed by atoms with Gasteiger partial charge in [0.1, 0.15) is 0 Å². The molecule has 7 nitrogen and oxygen atoms in total. The van der Waals surface area contributed by atoms with Gasteiger partial charge in [0, 0.05) is 12.6 Å². The molecule has 0 aromatic heterocycles. The van der Waals surface area contributed by atoms with Gasteiger partial charge in [-0.25, -0.2) is 0 Å². The third-order valence-corrected chi connectivity index (χ3v) is 3.95. The fourth-order valence-electron chi connectivity index (χ4n) is 2.63. The number of amides is 1. The van der Waals surface area contributed by atoms with Gasteiger partial charge in [0.05, 0.1) is 34.2 Å². The smallest absolute Gasteiger partial charge is 0.305 e. The number of carboxylic acids is 1. The predicted octanol–water partition coefficient (Wildman–Crippen LogP) is 1.72. The molecule has 0 spiro atoms. The van der Waals surface area contributed by atoms with Crippen LogP contribution < -0.4 is 14.2 Å². The van der Waals surface area contributed by atoms with Gasteiger partial charge < -0.3 is 24.2 Å². The van der Waals surface area contributed by atoms with E-state index in [1.54, 1.807) is 17.0 Å². The van der Waals surface area contributed by atoms with Crippen molar-refractivity contribution in [3.63, 3.8) is 0 Å². The first-order valence-electron chi connectivity index (χ1n) is 7.80. The van der Waals surface area contributed by atoms with Crippen molar-refractivity contribution in [2.75, 3.05) is 27.9 Å². The largest absolute Gasteiger partial charge is 0.493 e. The lowest BCUT2D eigenvalue weighted by Gasteiger charge is -2.22. The molecule has 0 heterocycles. The Kier molecular flexibility index (Phi) is 5.89. The van der Waals surface area contributed by atoms with Crippen molar-refractivity contribution in [2.24, 2.45) is 0 Å². The number of carbonyl (C=O) groups is 2. The molecule has 7 heteroatoms. The molecule has 0 radical (unpaired) electrons. The molecule has 1 fully saturated rings. The maximum absolute atomic E-state index is 12.6. The zero-order chi connectivity index (χ0) is 17.7. The Labute approximate surface area is 141 Å². The predicted molar refractivity (Wildman–Crippen MR) is 86.8 cm³/mol. The van der Waals surface area contributed by atoms with E-state index < -0.39 is 5.97 Å². The summed E-state index contributed by atoms with van der Waals surface area (Å²) in [6, 6.07) is 3.64. The first kappa shape index (κ1) is 17.9. The molecule has 1 aliphatic carbocycles. The van der Waals surface area contributed by atoms with E-state index in [2.05, 4.69) is 0 Å². The molecule has 0 atom stereocenters. The Bertz CT molecular complexity index is 586. The van der Waals surface area contributed by atoms with E-state index in [-0.39, 0.29) is 31.3 Å². The van der Waals surface area contributed by atoms with Crippen LogP contribution in [0.2, 0.25) is 0 Å². The molecule has 2 rings (SSSR count). The number of hydrogen-bond donors (Lipinski definition) is 1. The first-order valence-corrected chi connectivity index (χ1v) is 7.80. The molecular formula is C17H23NO6. The van der Waals surface area contributed by atoms with Crippen LogP contribution in [0.25, 0.3) is 0 Å². The second-order valence-electron chi connectivity index (χ2n) is 5.67. The van der Waals surface area contributed by atoms with Crippen LogP contribution in [0.3, 0.4) is 0 Å². The van der Waals surface area contributed by atoms with E-state index in [1.165, 1.54) is 21.3 Å². The van der Waals surface area contributed by atoms with Crippen molar-refractivity contribution >= 4 is 11.9 Å². The number of ether oxygens (including phenoxy) is 3. The van der Waals surface area contributed by atoms with Crippen LogP contribution in [0.4, 0.5) is 0 Å². The average molecular weight is 337 g/mol. The molecule has 0 unspecified atom stereocenters. The molecular weight excluding hydrogens is 314 g/mol. The summed E-state index contributed by atoms with van der Waals surface area (Å²) in [5.41, 5.74) is 0.732. The maximum atomic E-state index is 12.6. The van der Waals surface area contributed by atoms with Crippen molar-refractivity contribution in [2.45, 2.75) is 31.7 Å².